The van der Waals surface area contributed by atoms with E-state index in [-0.39, 0.29) is 18.4 Å². The van der Waals surface area contributed by atoms with Gasteiger partial charge in [-0.25, -0.2) is 0 Å². The summed E-state index contributed by atoms with van der Waals surface area (Å²) in [7, 11) is 1.59. The lowest BCUT2D eigenvalue weighted by molar-refractivity contribution is -0.140. The molecule has 0 aliphatic rings. The van der Waals surface area contributed by atoms with Gasteiger partial charge < -0.3 is 10.2 Å². The van der Waals surface area contributed by atoms with Crippen molar-refractivity contribution in [2.75, 3.05) is 12.8 Å². The van der Waals surface area contributed by atoms with Crippen LogP contribution in [0.4, 0.5) is 0 Å². The first-order valence-corrected chi connectivity index (χ1v) is 12.4. The Kier molecular flexibility index (Phi) is 9.67. The van der Waals surface area contributed by atoms with Crippen molar-refractivity contribution in [3.8, 4) is 0 Å². The zero-order valence-corrected chi connectivity index (χ0v) is 20.7. The molecule has 3 aromatic carbocycles. The molecule has 0 radical (unpaired) electrons. The SMILES string of the molecule is CNC(=O)C(Cc1ccccc1)N(Cc1ccc(Cl)cc1Cl)C(=O)CCSc1ccccc1. The van der Waals surface area contributed by atoms with Gasteiger partial charge in [0.15, 0.2) is 0 Å². The van der Waals surface area contributed by atoms with Crippen molar-refractivity contribution in [3.63, 3.8) is 0 Å². The Morgan fingerprint density at radius 2 is 1.64 bits per heavy atom. The van der Waals surface area contributed by atoms with Crippen LogP contribution in [0, 0.1) is 0 Å². The van der Waals surface area contributed by atoms with Gasteiger partial charge in [-0.15, -0.1) is 11.8 Å². The van der Waals surface area contributed by atoms with Gasteiger partial charge in [-0.2, -0.15) is 0 Å². The third-order valence-corrected chi connectivity index (χ3v) is 6.80. The van der Waals surface area contributed by atoms with Gasteiger partial charge in [0, 0.05) is 47.1 Å². The fraction of sp³-hybridized carbons (Fsp3) is 0.231. The van der Waals surface area contributed by atoms with Crippen LogP contribution >= 0.6 is 35.0 Å². The second-order valence-corrected chi connectivity index (χ2v) is 9.50. The minimum absolute atomic E-state index is 0.103. The largest absolute Gasteiger partial charge is 0.357 e. The van der Waals surface area contributed by atoms with E-state index >= 15 is 0 Å². The van der Waals surface area contributed by atoms with Crippen LogP contribution in [0.15, 0.2) is 83.8 Å². The third kappa shape index (κ3) is 7.53. The van der Waals surface area contributed by atoms with E-state index < -0.39 is 6.04 Å². The summed E-state index contributed by atoms with van der Waals surface area (Å²) in [6, 6.07) is 24.2. The predicted molar refractivity (Wildman–Crippen MR) is 137 cm³/mol. The van der Waals surface area contributed by atoms with Crippen molar-refractivity contribution in [1.29, 1.82) is 0 Å². The average molecular weight is 501 g/mol. The Labute approximate surface area is 209 Å². The number of nitrogens with zero attached hydrogens (tertiary/aromatic N) is 1. The maximum absolute atomic E-state index is 13.4. The number of thioether (sulfide) groups is 1. The second kappa shape index (κ2) is 12.7. The van der Waals surface area contributed by atoms with E-state index in [4.69, 9.17) is 23.2 Å². The molecule has 1 unspecified atom stereocenters. The molecular weight excluding hydrogens is 475 g/mol. The van der Waals surface area contributed by atoms with Crippen LogP contribution in [0.25, 0.3) is 0 Å². The van der Waals surface area contributed by atoms with E-state index in [1.165, 1.54) is 0 Å². The number of carbonyl (C=O) groups is 2. The van der Waals surface area contributed by atoms with Gasteiger partial charge in [0.05, 0.1) is 0 Å². The molecule has 0 fully saturated rings. The van der Waals surface area contributed by atoms with E-state index in [1.54, 1.807) is 41.9 Å². The Hall–Kier alpha value is -2.47. The van der Waals surface area contributed by atoms with Gasteiger partial charge in [-0.3, -0.25) is 9.59 Å². The topological polar surface area (TPSA) is 49.4 Å². The van der Waals surface area contributed by atoms with Crippen LogP contribution in [-0.4, -0.2) is 35.6 Å². The first-order valence-electron chi connectivity index (χ1n) is 10.6. The van der Waals surface area contributed by atoms with Crippen molar-refractivity contribution in [2.24, 2.45) is 0 Å². The Morgan fingerprint density at radius 1 is 0.970 bits per heavy atom. The highest BCUT2D eigenvalue weighted by Crippen LogP contribution is 2.25. The molecule has 172 valence electrons. The van der Waals surface area contributed by atoms with Gasteiger partial charge in [0.2, 0.25) is 11.8 Å². The van der Waals surface area contributed by atoms with E-state index in [1.807, 2.05) is 60.7 Å². The summed E-state index contributed by atoms with van der Waals surface area (Å²) >= 11 is 14.1. The van der Waals surface area contributed by atoms with Crippen LogP contribution in [-0.2, 0) is 22.6 Å². The van der Waals surface area contributed by atoms with E-state index in [0.29, 0.717) is 28.6 Å². The second-order valence-electron chi connectivity index (χ2n) is 7.49. The summed E-state index contributed by atoms with van der Waals surface area (Å²) in [5, 5.41) is 3.71. The number of hydrogen-bond acceptors (Lipinski definition) is 3. The van der Waals surface area contributed by atoms with Crippen LogP contribution in [0.1, 0.15) is 17.5 Å². The van der Waals surface area contributed by atoms with Crippen molar-refractivity contribution in [3.05, 3.63) is 100 Å². The van der Waals surface area contributed by atoms with Gasteiger partial charge in [0.1, 0.15) is 6.04 Å². The quantitative estimate of drug-likeness (QED) is 0.354. The van der Waals surface area contributed by atoms with E-state index in [0.717, 1.165) is 16.0 Å². The highest BCUT2D eigenvalue weighted by atomic mass is 35.5. The van der Waals surface area contributed by atoms with Crippen molar-refractivity contribution >= 4 is 46.8 Å². The summed E-state index contributed by atoms with van der Waals surface area (Å²) in [6.45, 7) is 0.218. The summed E-state index contributed by atoms with van der Waals surface area (Å²) in [5.74, 6) is 0.293. The first-order chi connectivity index (χ1) is 16.0. The molecule has 0 saturated heterocycles. The zero-order valence-electron chi connectivity index (χ0n) is 18.3. The maximum atomic E-state index is 13.4. The van der Waals surface area contributed by atoms with E-state index in [9.17, 15) is 9.59 Å². The molecule has 0 aromatic heterocycles. The molecule has 0 saturated carbocycles. The maximum Gasteiger partial charge on any atom is 0.242 e. The van der Waals surface area contributed by atoms with Gasteiger partial charge in [0.25, 0.3) is 0 Å². The Balaban J connectivity index is 1.84. The molecule has 0 spiro atoms. The molecular formula is C26H26Cl2N2O2S. The fourth-order valence-electron chi connectivity index (χ4n) is 3.47. The molecule has 7 heteroatoms. The summed E-state index contributed by atoms with van der Waals surface area (Å²) in [5.41, 5.74) is 1.72. The van der Waals surface area contributed by atoms with Crippen molar-refractivity contribution in [2.45, 2.75) is 30.3 Å². The molecule has 3 aromatic rings. The Bertz CT molecular complexity index is 1060. The number of halogens is 2. The van der Waals surface area contributed by atoms with Crippen molar-refractivity contribution in [1.82, 2.24) is 10.2 Å². The van der Waals surface area contributed by atoms with Crippen LogP contribution < -0.4 is 5.32 Å². The number of hydrogen-bond donors (Lipinski definition) is 1. The molecule has 1 N–H and O–H groups in total. The summed E-state index contributed by atoms with van der Waals surface area (Å²) in [6.07, 6.45) is 0.705. The van der Waals surface area contributed by atoms with Crippen LogP contribution in [0.5, 0.6) is 0 Å². The van der Waals surface area contributed by atoms with Crippen LogP contribution in [0.3, 0.4) is 0 Å². The lowest BCUT2D eigenvalue weighted by Gasteiger charge is -2.31. The number of carbonyl (C=O) groups excluding carboxylic acids is 2. The standard InChI is InChI=1S/C26H26Cl2N2O2S/c1-29-26(32)24(16-19-8-4-2-5-9-19)30(18-20-12-13-21(27)17-23(20)28)25(31)14-15-33-22-10-6-3-7-11-22/h2-13,17,24H,14-16,18H2,1H3,(H,29,32). The average Bonchev–Trinajstić information content (AvgIpc) is 2.83. The molecule has 4 nitrogen and oxygen atoms in total. The highest BCUT2D eigenvalue weighted by molar-refractivity contribution is 7.99. The third-order valence-electron chi connectivity index (χ3n) is 5.20. The normalized spacial score (nSPS) is 11.6. The monoisotopic (exact) mass is 500 g/mol. The lowest BCUT2D eigenvalue weighted by Crippen LogP contribution is -2.49. The van der Waals surface area contributed by atoms with Gasteiger partial charge in [-0.1, -0.05) is 77.8 Å². The van der Waals surface area contributed by atoms with Crippen LogP contribution in [0.2, 0.25) is 10.0 Å². The first kappa shape index (κ1) is 25.2. The number of benzene rings is 3. The van der Waals surface area contributed by atoms with E-state index in [2.05, 4.69) is 5.32 Å². The minimum Gasteiger partial charge on any atom is -0.357 e. The smallest absolute Gasteiger partial charge is 0.242 e. The fourth-order valence-corrected chi connectivity index (χ4v) is 4.80. The molecule has 0 bridgehead atoms. The molecule has 0 heterocycles. The number of amides is 2. The molecule has 0 aliphatic heterocycles. The minimum atomic E-state index is -0.668. The molecule has 33 heavy (non-hydrogen) atoms. The summed E-state index contributed by atoms with van der Waals surface area (Å²) < 4.78 is 0. The van der Waals surface area contributed by atoms with Gasteiger partial charge in [-0.05, 0) is 35.4 Å². The lowest BCUT2D eigenvalue weighted by atomic mass is 10.0. The molecule has 2 amide bonds. The number of nitrogens with one attached hydrogen (secondary N) is 1. The molecule has 0 aliphatic carbocycles. The molecule has 3 rings (SSSR count). The summed E-state index contributed by atoms with van der Waals surface area (Å²) in [4.78, 5) is 29.1. The number of rotatable bonds is 10. The molecule has 1 atom stereocenters. The van der Waals surface area contributed by atoms with Crippen molar-refractivity contribution < 1.29 is 9.59 Å². The zero-order chi connectivity index (χ0) is 23.6. The Morgan fingerprint density at radius 3 is 2.27 bits per heavy atom. The van der Waals surface area contributed by atoms with Gasteiger partial charge >= 0.3 is 0 Å². The predicted octanol–water partition coefficient (Wildman–Crippen LogP) is 5.86. The highest BCUT2D eigenvalue weighted by Gasteiger charge is 2.30. The number of likely N-dealkylation sites (N-methyl/N-ethyl adjacent to an activating group) is 1.